The molecule has 0 saturated carbocycles. The summed E-state index contributed by atoms with van der Waals surface area (Å²) in [5, 5.41) is 9.40. The van der Waals surface area contributed by atoms with Crippen molar-refractivity contribution in [2.45, 2.75) is 0 Å². The molecule has 2 rings (SSSR count). The van der Waals surface area contributed by atoms with Crippen LogP contribution >= 0.6 is 0 Å². The van der Waals surface area contributed by atoms with Crippen molar-refractivity contribution in [2.75, 3.05) is 12.8 Å². The van der Waals surface area contributed by atoms with Gasteiger partial charge in [-0.05, 0) is 6.07 Å². The SMILES string of the molecule is C=C(O)c1cc(C(=C)OC)n2cc(N)cc2n1. The molecular formula is C12H13N3O2. The molecule has 2 aromatic heterocycles. The number of aromatic nitrogens is 2. The zero-order valence-corrected chi connectivity index (χ0v) is 9.47. The summed E-state index contributed by atoms with van der Waals surface area (Å²) in [5.41, 5.74) is 7.91. The molecule has 5 nitrogen and oxygen atoms in total. The Bertz CT molecular complexity index is 613. The van der Waals surface area contributed by atoms with E-state index < -0.39 is 0 Å². The highest BCUT2D eigenvalue weighted by molar-refractivity contribution is 5.67. The van der Waals surface area contributed by atoms with Crippen LogP contribution in [0.2, 0.25) is 0 Å². The van der Waals surface area contributed by atoms with Crippen LogP contribution in [0.3, 0.4) is 0 Å². The minimum atomic E-state index is -0.113. The number of methoxy groups -OCH3 is 1. The number of ether oxygens (including phenoxy) is 1. The van der Waals surface area contributed by atoms with E-state index in [2.05, 4.69) is 18.1 Å². The fourth-order valence-electron chi connectivity index (χ4n) is 1.57. The first-order valence-electron chi connectivity index (χ1n) is 4.93. The van der Waals surface area contributed by atoms with Crippen molar-refractivity contribution in [2.24, 2.45) is 0 Å². The third kappa shape index (κ3) is 1.82. The van der Waals surface area contributed by atoms with Crippen LogP contribution in [-0.4, -0.2) is 21.6 Å². The lowest BCUT2D eigenvalue weighted by Crippen LogP contribution is -2.01. The van der Waals surface area contributed by atoms with E-state index in [4.69, 9.17) is 10.5 Å². The van der Waals surface area contributed by atoms with E-state index in [0.717, 1.165) is 0 Å². The largest absolute Gasteiger partial charge is 0.506 e. The summed E-state index contributed by atoms with van der Waals surface area (Å²) < 4.78 is 6.84. The molecule has 0 fully saturated rings. The molecule has 0 aliphatic rings. The first-order valence-corrected chi connectivity index (χ1v) is 4.93. The molecule has 0 spiro atoms. The van der Waals surface area contributed by atoms with Gasteiger partial charge in [0.25, 0.3) is 0 Å². The Kier molecular flexibility index (Phi) is 2.51. The molecule has 17 heavy (non-hydrogen) atoms. The number of anilines is 1. The number of nitrogens with two attached hydrogens (primary N) is 1. The highest BCUT2D eigenvalue weighted by atomic mass is 16.5. The molecule has 0 aliphatic carbocycles. The Morgan fingerprint density at radius 3 is 2.76 bits per heavy atom. The first kappa shape index (κ1) is 11.1. The standard InChI is InChI=1S/C12H13N3O2/c1-7(16)10-5-11(8(2)17-3)15-6-9(13)4-12(15)14-10/h4-6,16H,1-2,13H2,3H3. The Hall–Kier alpha value is -2.43. The fraction of sp³-hybridized carbons (Fsp3) is 0.0833. The smallest absolute Gasteiger partial charge is 0.140 e. The van der Waals surface area contributed by atoms with Gasteiger partial charge in [0.2, 0.25) is 0 Å². The minimum Gasteiger partial charge on any atom is -0.506 e. The molecule has 0 aromatic carbocycles. The number of nitrogen functional groups attached to an aromatic ring is 1. The van der Waals surface area contributed by atoms with Gasteiger partial charge in [-0.3, -0.25) is 4.40 Å². The van der Waals surface area contributed by atoms with E-state index in [1.54, 1.807) is 22.7 Å². The van der Waals surface area contributed by atoms with Crippen LogP contribution in [0.1, 0.15) is 11.4 Å². The fourth-order valence-corrected chi connectivity index (χ4v) is 1.57. The summed E-state index contributed by atoms with van der Waals surface area (Å²) >= 11 is 0. The maximum absolute atomic E-state index is 9.40. The maximum Gasteiger partial charge on any atom is 0.140 e. The van der Waals surface area contributed by atoms with Gasteiger partial charge in [0.05, 0.1) is 18.5 Å². The molecule has 0 aliphatic heterocycles. The quantitative estimate of drug-likeness (QED) is 0.793. The van der Waals surface area contributed by atoms with Gasteiger partial charge in [0.1, 0.15) is 22.9 Å². The molecule has 0 bridgehead atoms. The molecule has 0 saturated heterocycles. The van der Waals surface area contributed by atoms with Crippen molar-refractivity contribution in [3.8, 4) is 0 Å². The lowest BCUT2D eigenvalue weighted by atomic mass is 10.2. The van der Waals surface area contributed by atoms with E-state index in [9.17, 15) is 5.11 Å². The zero-order chi connectivity index (χ0) is 12.6. The van der Waals surface area contributed by atoms with Crippen LogP contribution < -0.4 is 5.73 Å². The third-order valence-electron chi connectivity index (χ3n) is 2.42. The van der Waals surface area contributed by atoms with Crippen molar-refractivity contribution in [1.29, 1.82) is 0 Å². The number of fused-ring (bicyclic) bond motifs is 1. The Balaban J connectivity index is 2.77. The highest BCUT2D eigenvalue weighted by Crippen LogP contribution is 2.21. The van der Waals surface area contributed by atoms with Crippen LogP contribution in [0.5, 0.6) is 0 Å². The number of aliphatic hydroxyl groups is 1. The number of hydrogen-bond acceptors (Lipinski definition) is 4. The van der Waals surface area contributed by atoms with Gasteiger partial charge in [-0.1, -0.05) is 13.2 Å². The number of hydrogen-bond donors (Lipinski definition) is 2. The average Bonchev–Trinajstić information content (AvgIpc) is 2.66. The summed E-state index contributed by atoms with van der Waals surface area (Å²) in [4.78, 5) is 4.21. The Morgan fingerprint density at radius 2 is 2.18 bits per heavy atom. The van der Waals surface area contributed by atoms with Crippen molar-refractivity contribution in [3.63, 3.8) is 0 Å². The van der Waals surface area contributed by atoms with Gasteiger partial charge in [0.15, 0.2) is 0 Å². The topological polar surface area (TPSA) is 72.8 Å². The predicted molar refractivity (Wildman–Crippen MR) is 67.3 cm³/mol. The molecule has 2 heterocycles. The third-order valence-corrected chi connectivity index (χ3v) is 2.42. The molecule has 88 valence electrons. The molecule has 0 radical (unpaired) electrons. The number of rotatable bonds is 3. The highest BCUT2D eigenvalue weighted by Gasteiger charge is 2.11. The van der Waals surface area contributed by atoms with Crippen molar-refractivity contribution in [1.82, 2.24) is 9.38 Å². The van der Waals surface area contributed by atoms with Crippen LogP contribution in [0.15, 0.2) is 31.5 Å². The van der Waals surface area contributed by atoms with Gasteiger partial charge < -0.3 is 15.6 Å². The summed E-state index contributed by atoms with van der Waals surface area (Å²) in [6.45, 7) is 7.23. The predicted octanol–water partition coefficient (Wildman–Crippen LogP) is 2.06. The van der Waals surface area contributed by atoms with E-state index in [1.165, 1.54) is 7.11 Å². The molecular weight excluding hydrogens is 218 g/mol. The maximum atomic E-state index is 9.40. The average molecular weight is 231 g/mol. The van der Waals surface area contributed by atoms with E-state index in [0.29, 0.717) is 28.5 Å². The van der Waals surface area contributed by atoms with Crippen molar-refractivity contribution >= 4 is 22.9 Å². The van der Waals surface area contributed by atoms with Crippen LogP contribution in [0.25, 0.3) is 17.2 Å². The normalized spacial score (nSPS) is 10.4. The first-order chi connectivity index (χ1) is 8.02. The van der Waals surface area contributed by atoms with Crippen LogP contribution in [-0.2, 0) is 4.74 Å². The van der Waals surface area contributed by atoms with Crippen LogP contribution in [0, 0.1) is 0 Å². The molecule has 0 amide bonds. The van der Waals surface area contributed by atoms with Gasteiger partial charge >= 0.3 is 0 Å². The Labute approximate surface area is 98.5 Å². The van der Waals surface area contributed by atoms with Gasteiger partial charge in [0, 0.05) is 12.3 Å². The van der Waals surface area contributed by atoms with Gasteiger partial charge in [-0.25, -0.2) is 4.98 Å². The molecule has 0 unspecified atom stereocenters. The van der Waals surface area contributed by atoms with Gasteiger partial charge in [-0.15, -0.1) is 0 Å². The van der Waals surface area contributed by atoms with Gasteiger partial charge in [-0.2, -0.15) is 0 Å². The van der Waals surface area contributed by atoms with Crippen molar-refractivity contribution < 1.29 is 9.84 Å². The molecule has 0 atom stereocenters. The minimum absolute atomic E-state index is 0.113. The van der Waals surface area contributed by atoms with Crippen LogP contribution in [0.4, 0.5) is 5.69 Å². The molecule has 2 aromatic rings. The number of nitrogens with zero attached hydrogens (tertiary/aromatic N) is 2. The number of aliphatic hydroxyl groups excluding tert-OH is 1. The lowest BCUT2D eigenvalue weighted by Gasteiger charge is -2.09. The zero-order valence-electron chi connectivity index (χ0n) is 9.47. The van der Waals surface area contributed by atoms with E-state index in [-0.39, 0.29) is 5.76 Å². The second-order valence-electron chi connectivity index (χ2n) is 3.60. The second-order valence-corrected chi connectivity index (χ2v) is 3.60. The van der Waals surface area contributed by atoms with E-state index in [1.807, 2.05) is 0 Å². The monoisotopic (exact) mass is 231 g/mol. The Morgan fingerprint density at radius 1 is 1.47 bits per heavy atom. The summed E-state index contributed by atoms with van der Waals surface area (Å²) in [6, 6.07) is 3.33. The summed E-state index contributed by atoms with van der Waals surface area (Å²) in [6.07, 6.45) is 1.71. The second kappa shape index (κ2) is 3.86. The molecule has 3 N–H and O–H groups in total. The lowest BCUT2D eigenvalue weighted by molar-refractivity contribution is 0.369. The molecule has 5 heteroatoms. The summed E-state index contributed by atoms with van der Waals surface area (Å²) in [7, 11) is 1.52. The van der Waals surface area contributed by atoms with E-state index >= 15 is 0 Å². The summed E-state index contributed by atoms with van der Waals surface area (Å²) in [5.74, 6) is 0.341. The van der Waals surface area contributed by atoms with Crippen molar-refractivity contribution in [3.05, 3.63) is 42.9 Å².